The number of carbonyl (C=O) groups is 2. The van der Waals surface area contributed by atoms with Gasteiger partial charge in [-0.15, -0.1) is 0 Å². The molecule has 0 aliphatic heterocycles. The molecular formula is C11H21NO4. The Morgan fingerprint density at radius 1 is 1.44 bits per heavy atom. The molecule has 0 aromatic rings. The number of carboxylic acids is 1. The van der Waals surface area contributed by atoms with Gasteiger partial charge in [0.2, 0.25) is 0 Å². The summed E-state index contributed by atoms with van der Waals surface area (Å²) in [5, 5.41) is 11.3. The minimum absolute atomic E-state index is 0.111. The maximum atomic E-state index is 10.8. The summed E-state index contributed by atoms with van der Waals surface area (Å²) >= 11 is 0. The van der Waals surface area contributed by atoms with Gasteiger partial charge in [-0.25, -0.2) is 4.79 Å². The largest absolute Gasteiger partial charge is 0.550 e. The Balaban J connectivity index is 0. The molecule has 0 rings (SSSR count). The Morgan fingerprint density at radius 3 is 2.25 bits per heavy atom. The van der Waals surface area contributed by atoms with Gasteiger partial charge in [-0.3, -0.25) is 0 Å². The molecule has 0 amide bonds. The number of carbonyl (C=O) groups excluding carboxylic acids is 2. The van der Waals surface area contributed by atoms with Crippen LogP contribution in [-0.2, 0) is 14.3 Å². The van der Waals surface area contributed by atoms with Crippen molar-refractivity contribution >= 4 is 11.9 Å². The average Bonchev–Trinajstić information content (AvgIpc) is 2.24. The Labute approximate surface area is 96.5 Å². The van der Waals surface area contributed by atoms with Crippen LogP contribution in [0.25, 0.3) is 0 Å². The van der Waals surface area contributed by atoms with Crippen LogP contribution in [0.1, 0.15) is 26.7 Å². The van der Waals surface area contributed by atoms with Crippen molar-refractivity contribution in [1.82, 2.24) is 0 Å². The third kappa shape index (κ3) is 15.1. The van der Waals surface area contributed by atoms with Crippen LogP contribution in [0.15, 0.2) is 12.2 Å². The molecule has 0 spiro atoms. The Hall–Kier alpha value is -1.36. The first-order valence-corrected chi connectivity index (χ1v) is 5.25. The molecule has 5 nitrogen and oxygen atoms in total. The van der Waals surface area contributed by atoms with Crippen molar-refractivity contribution in [2.24, 2.45) is 0 Å². The molecule has 0 aromatic carbocycles. The predicted molar refractivity (Wildman–Crippen MR) is 58.4 cm³/mol. The zero-order valence-electron chi connectivity index (χ0n) is 10.2. The van der Waals surface area contributed by atoms with Crippen LogP contribution in [0, 0.1) is 0 Å². The maximum Gasteiger partial charge on any atom is 0.333 e. The molecule has 0 aromatic heterocycles. The van der Waals surface area contributed by atoms with E-state index in [1.165, 1.54) is 6.92 Å². The highest BCUT2D eigenvalue weighted by Crippen LogP contribution is 1.91. The normalized spacial score (nSPS) is 8.69. The van der Waals surface area contributed by atoms with E-state index < -0.39 is 5.97 Å². The van der Waals surface area contributed by atoms with Gasteiger partial charge in [0.1, 0.15) is 0 Å². The Kier molecular flexibility index (Phi) is 12.5. The Morgan fingerprint density at radius 2 is 1.94 bits per heavy atom. The van der Waals surface area contributed by atoms with Crippen molar-refractivity contribution < 1.29 is 24.7 Å². The van der Waals surface area contributed by atoms with Crippen molar-refractivity contribution in [3.8, 4) is 0 Å². The fourth-order valence-electron chi connectivity index (χ4n) is 0.576. The van der Waals surface area contributed by atoms with E-state index in [-0.39, 0.29) is 12.4 Å². The van der Waals surface area contributed by atoms with E-state index in [1.807, 2.05) is 7.05 Å². The van der Waals surface area contributed by atoms with Gasteiger partial charge in [0.15, 0.2) is 0 Å². The van der Waals surface area contributed by atoms with Gasteiger partial charge < -0.3 is 20.0 Å². The van der Waals surface area contributed by atoms with Gasteiger partial charge >= 0.3 is 5.97 Å². The molecular weight excluding hydrogens is 210 g/mol. The first-order chi connectivity index (χ1) is 7.45. The van der Waals surface area contributed by atoms with E-state index in [2.05, 4.69) is 11.9 Å². The molecule has 0 saturated carbocycles. The summed E-state index contributed by atoms with van der Waals surface area (Å²) in [7, 11) is 1.99. The van der Waals surface area contributed by atoms with Gasteiger partial charge in [0.05, 0.1) is 20.2 Å². The Bertz CT molecular complexity index is 226. The lowest BCUT2D eigenvalue weighted by atomic mass is 10.3. The topological polar surface area (TPSA) is 83.0 Å². The summed E-state index contributed by atoms with van der Waals surface area (Å²) < 4.78 is 4.85. The van der Waals surface area contributed by atoms with E-state index in [1.54, 1.807) is 6.92 Å². The summed E-state index contributed by atoms with van der Waals surface area (Å²) in [6.45, 7) is 8.14. The molecule has 0 radical (unpaired) electrons. The summed E-state index contributed by atoms with van der Waals surface area (Å²) in [4.78, 5) is 20.0. The highest BCUT2D eigenvalue weighted by Gasteiger charge is 2.01. The van der Waals surface area contributed by atoms with Gasteiger partial charge in [0, 0.05) is 18.0 Å². The van der Waals surface area contributed by atoms with Crippen LogP contribution >= 0.6 is 0 Å². The maximum absolute atomic E-state index is 10.8. The van der Waals surface area contributed by atoms with Crippen molar-refractivity contribution in [2.45, 2.75) is 26.7 Å². The second-order valence-corrected chi connectivity index (χ2v) is 3.19. The second-order valence-electron chi connectivity index (χ2n) is 3.19. The summed E-state index contributed by atoms with van der Waals surface area (Å²) in [6.07, 6.45) is 1.01. The van der Waals surface area contributed by atoms with E-state index in [0.29, 0.717) is 12.2 Å². The van der Waals surface area contributed by atoms with Gasteiger partial charge in [0.25, 0.3) is 0 Å². The number of rotatable bonds is 6. The molecule has 0 unspecified atom stereocenters. The van der Waals surface area contributed by atoms with Gasteiger partial charge in [-0.1, -0.05) is 13.5 Å². The molecule has 94 valence electrons. The molecule has 0 heterocycles. The van der Waals surface area contributed by atoms with Crippen LogP contribution in [0.3, 0.4) is 0 Å². The lowest BCUT2D eigenvalue weighted by Crippen LogP contribution is -2.79. The number of ether oxygens (including phenoxy) is 1. The summed E-state index contributed by atoms with van der Waals surface area (Å²) in [5.74, 6) is -1.29. The number of quaternary nitrogens is 1. The molecule has 0 aliphatic rings. The minimum atomic E-state index is -0.995. The number of esters is 1. The second kappa shape index (κ2) is 11.7. The smallest absolute Gasteiger partial charge is 0.333 e. The lowest BCUT2D eigenvalue weighted by molar-refractivity contribution is -0.627. The van der Waals surface area contributed by atoms with E-state index in [0.717, 1.165) is 13.0 Å². The molecule has 2 N–H and O–H groups in total. The van der Waals surface area contributed by atoms with E-state index >= 15 is 0 Å². The minimum Gasteiger partial charge on any atom is -0.550 e. The van der Waals surface area contributed by atoms with E-state index in [9.17, 15) is 14.7 Å². The van der Waals surface area contributed by atoms with Crippen molar-refractivity contribution in [3.05, 3.63) is 12.2 Å². The standard InChI is InChI=1S/C8H15NO2.C3H6O2/c1-7(2)8(10)11-6-4-5-9-3;1-2-3(4)5/h9H,1,4-6H2,2-3H3;2H2,1H3,(H,4,5). The lowest BCUT2D eigenvalue weighted by Gasteiger charge is -2.01. The average molecular weight is 231 g/mol. The molecule has 0 atom stereocenters. The van der Waals surface area contributed by atoms with Crippen LogP contribution in [0.5, 0.6) is 0 Å². The molecule has 0 fully saturated rings. The highest BCUT2D eigenvalue weighted by atomic mass is 16.5. The monoisotopic (exact) mass is 231 g/mol. The fraction of sp³-hybridized carbons (Fsp3) is 0.636. The van der Waals surface area contributed by atoms with Crippen LogP contribution < -0.4 is 10.4 Å². The quantitative estimate of drug-likeness (QED) is 0.355. The third-order valence-corrected chi connectivity index (χ3v) is 1.51. The van der Waals surface area contributed by atoms with Crippen molar-refractivity contribution in [3.63, 3.8) is 0 Å². The number of hydrogen-bond donors (Lipinski definition) is 1. The number of hydrogen-bond acceptors (Lipinski definition) is 4. The number of aliphatic carboxylic acids is 1. The summed E-state index contributed by atoms with van der Waals surface area (Å²) in [6, 6.07) is 0. The van der Waals surface area contributed by atoms with Crippen LogP contribution in [-0.4, -0.2) is 32.1 Å². The first kappa shape index (κ1) is 17.0. The molecule has 0 aliphatic carbocycles. The zero-order chi connectivity index (χ0) is 13.0. The SMILES string of the molecule is C=C(C)C(=O)OCCC[NH2+]C.CCC(=O)[O-]. The first-order valence-electron chi connectivity index (χ1n) is 5.25. The zero-order valence-corrected chi connectivity index (χ0v) is 10.2. The van der Waals surface area contributed by atoms with Crippen molar-refractivity contribution in [2.75, 3.05) is 20.2 Å². The fourth-order valence-corrected chi connectivity index (χ4v) is 0.576. The van der Waals surface area contributed by atoms with E-state index in [4.69, 9.17) is 4.74 Å². The molecule has 0 bridgehead atoms. The van der Waals surface area contributed by atoms with Crippen LogP contribution in [0.2, 0.25) is 0 Å². The molecule has 5 heteroatoms. The highest BCUT2D eigenvalue weighted by molar-refractivity contribution is 5.86. The van der Waals surface area contributed by atoms with Gasteiger partial charge in [-0.2, -0.15) is 0 Å². The summed E-state index contributed by atoms with van der Waals surface area (Å²) in [5.41, 5.74) is 0.463. The van der Waals surface area contributed by atoms with Crippen LogP contribution in [0.4, 0.5) is 0 Å². The van der Waals surface area contributed by atoms with Gasteiger partial charge in [-0.05, 0) is 13.3 Å². The molecule has 16 heavy (non-hydrogen) atoms. The van der Waals surface area contributed by atoms with Crippen molar-refractivity contribution in [1.29, 1.82) is 0 Å². The number of carboxylic acid groups (broad SMARTS) is 1. The number of nitrogens with two attached hydrogens (primary N) is 1. The predicted octanol–water partition coefficient (Wildman–Crippen LogP) is -1.16. The third-order valence-electron chi connectivity index (χ3n) is 1.51. The molecule has 0 saturated heterocycles.